The molecular formula is C11H20N2O4. The van der Waals surface area contributed by atoms with E-state index in [-0.39, 0.29) is 36.6 Å². The highest BCUT2D eigenvalue weighted by atomic mass is 16.5. The van der Waals surface area contributed by atoms with Crippen LogP contribution in [0, 0.1) is 5.41 Å². The van der Waals surface area contributed by atoms with Crippen molar-refractivity contribution in [2.75, 3.05) is 13.7 Å². The van der Waals surface area contributed by atoms with Gasteiger partial charge in [0.2, 0.25) is 0 Å². The summed E-state index contributed by atoms with van der Waals surface area (Å²) >= 11 is 0. The van der Waals surface area contributed by atoms with Gasteiger partial charge in [-0.05, 0) is 6.42 Å². The van der Waals surface area contributed by atoms with Crippen LogP contribution in [0.4, 0.5) is 4.79 Å². The Morgan fingerprint density at radius 2 is 2.12 bits per heavy atom. The van der Waals surface area contributed by atoms with Gasteiger partial charge in [-0.25, -0.2) is 4.79 Å². The summed E-state index contributed by atoms with van der Waals surface area (Å²) < 4.78 is 5.28. The molecule has 2 unspecified atom stereocenters. The number of hydrogen-bond donors (Lipinski definition) is 3. The Kier molecular flexibility index (Phi) is 4.34. The number of ether oxygens (including phenoxy) is 1. The molecule has 2 amide bonds. The van der Waals surface area contributed by atoms with E-state index in [1.165, 1.54) is 0 Å². The third-order valence-electron chi connectivity index (χ3n) is 3.39. The van der Waals surface area contributed by atoms with Crippen LogP contribution >= 0.6 is 0 Å². The summed E-state index contributed by atoms with van der Waals surface area (Å²) in [4.78, 5) is 21.7. The van der Waals surface area contributed by atoms with Gasteiger partial charge in [0, 0.05) is 25.1 Å². The first-order valence-corrected chi connectivity index (χ1v) is 5.67. The zero-order valence-corrected chi connectivity index (χ0v) is 10.4. The summed E-state index contributed by atoms with van der Waals surface area (Å²) in [6.07, 6.45) is 0.879. The maximum absolute atomic E-state index is 11.5. The van der Waals surface area contributed by atoms with Gasteiger partial charge in [-0.3, -0.25) is 4.79 Å². The summed E-state index contributed by atoms with van der Waals surface area (Å²) in [6.45, 7) is 4.21. The molecule has 0 aromatic carbocycles. The second kappa shape index (κ2) is 5.35. The fourth-order valence-corrected chi connectivity index (χ4v) is 2.02. The Morgan fingerprint density at radius 3 is 2.59 bits per heavy atom. The lowest BCUT2D eigenvalue weighted by atomic mass is 9.64. The lowest BCUT2D eigenvalue weighted by molar-refractivity contribution is -0.136. The zero-order chi connectivity index (χ0) is 13.1. The van der Waals surface area contributed by atoms with E-state index < -0.39 is 5.97 Å². The third-order valence-corrected chi connectivity index (χ3v) is 3.39. The predicted molar refractivity (Wildman–Crippen MR) is 61.8 cm³/mol. The second-order valence-electron chi connectivity index (χ2n) is 4.88. The van der Waals surface area contributed by atoms with Gasteiger partial charge >= 0.3 is 12.0 Å². The standard InChI is InChI=1S/C11H20N2O4/c1-11(2)7(6-8(11)17-3)13-10(16)12-5-4-9(14)15/h7-8H,4-6H2,1-3H3,(H,14,15)(H2,12,13,16). The van der Waals surface area contributed by atoms with E-state index >= 15 is 0 Å². The van der Waals surface area contributed by atoms with Crippen LogP contribution in [-0.2, 0) is 9.53 Å². The summed E-state index contributed by atoms with van der Waals surface area (Å²) in [6, 6.07) is -0.254. The largest absolute Gasteiger partial charge is 0.481 e. The number of carboxylic acid groups (broad SMARTS) is 1. The van der Waals surface area contributed by atoms with Crippen LogP contribution in [-0.4, -0.2) is 42.9 Å². The van der Waals surface area contributed by atoms with Crippen molar-refractivity contribution in [2.45, 2.75) is 38.8 Å². The van der Waals surface area contributed by atoms with Crippen molar-refractivity contribution >= 4 is 12.0 Å². The van der Waals surface area contributed by atoms with Crippen molar-refractivity contribution in [3.63, 3.8) is 0 Å². The van der Waals surface area contributed by atoms with E-state index in [2.05, 4.69) is 10.6 Å². The molecule has 0 heterocycles. The molecule has 0 aliphatic heterocycles. The number of carboxylic acids is 1. The number of carbonyl (C=O) groups is 2. The molecule has 6 nitrogen and oxygen atoms in total. The fraction of sp³-hybridized carbons (Fsp3) is 0.818. The molecule has 0 radical (unpaired) electrons. The molecule has 0 spiro atoms. The molecule has 1 fully saturated rings. The first kappa shape index (κ1) is 13.8. The van der Waals surface area contributed by atoms with E-state index in [0.717, 1.165) is 6.42 Å². The molecule has 1 saturated carbocycles. The minimum atomic E-state index is -0.922. The SMILES string of the molecule is COC1CC(NC(=O)NCCC(=O)O)C1(C)C. The number of carbonyl (C=O) groups excluding carboxylic acids is 1. The van der Waals surface area contributed by atoms with Crippen molar-refractivity contribution < 1.29 is 19.4 Å². The number of urea groups is 1. The number of amides is 2. The van der Waals surface area contributed by atoms with Gasteiger partial charge in [-0.15, -0.1) is 0 Å². The number of hydrogen-bond acceptors (Lipinski definition) is 3. The maximum Gasteiger partial charge on any atom is 0.315 e. The van der Waals surface area contributed by atoms with Crippen molar-refractivity contribution in [3.05, 3.63) is 0 Å². The van der Waals surface area contributed by atoms with Crippen molar-refractivity contribution in [3.8, 4) is 0 Å². The average Bonchev–Trinajstić information content (AvgIpc) is 2.23. The Balaban J connectivity index is 2.26. The topological polar surface area (TPSA) is 87.7 Å². The van der Waals surface area contributed by atoms with Crippen LogP contribution in [0.2, 0.25) is 0 Å². The average molecular weight is 244 g/mol. The minimum absolute atomic E-state index is 0.0669. The van der Waals surface area contributed by atoms with Crippen molar-refractivity contribution in [1.82, 2.24) is 10.6 Å². The Hall–Kier alpha value is -1.30. The van der Waals surface area contributed by atoms with Crippen molar-refractivity contribution in [1.29, 1.82) is 0 Å². The van der Waals surface area contributed by atoms with E-state index in [4.69, 9.17) is 9.84 Å². The monoisotopic (exact) mass is 244 g/mol. The first-order chi connectivity index (χ1) is 7.87. The molecule has 0 aromatic rings. The van der Waals surface area contributed by atoms with E-state index in [1.54, 1.807) is 7.11 Å². The predicted octanol–water partition coefficient (Wildman–Crippen LogP) is 0.574. The second-order valence-corrected chi connectivity index (χ2v) is 4.88. The zero-order valence-electron chi connectivity index (χ0n) is 10.4. The van der Waals surface area contributed by atoms with Gasteiger partial charge in [0.15, 0.2) is 0 Å². The highest BCUT2D eigenvalue weighted by molar-refractivity contribution is 5.75. The first-order valence-electron chi connectivity index (χ1n) is 5.67. The summed E-state index contributed by atoms with van der Waals surface area (Å²) in [5.74, 6) is -0.922. The number of rotatable bonds is 5. The molecular weight excluding hydrogens is 224 g/mol. The lowest BCUT2D eigenvalue weighted by Crippen LogP contribution is -2.63. The molecule has 17 heavy (non-hydrogen) atoms. The molecule has 1 rings (SSSR count). The molecule has 0 saturated heterocycles. The number of aliphatic carboxylic acids is 1. The smallest absolute Gasteiger partial charge is 0.315 e. The minimum Gasteiger partial charge on any atom is -0.481 e. The molecule has 2 atom stereocenters. The van der Waals surface area contributed by atoms with Gasteiger partial charge in [0.05, 0.1) is 12.5 Å². The van der Waals surface area contributed by atoms with E-state index in [0.29, 0.717) is 0 Å². The fourth-order valence-electron chi connectivity index (χ4n) is 2.02. The third kappa shape index (κ3) is 3.33. The number of nitrogens with one attached hydrogen (secondary N) is 2. The van der Waals surface area contributed by atoms with Gasteiger partial charge in [0.25, 0.3) is 0 Å². The van der Waals surface area contributed by atoms with Gasteiger partial charge in [0.1, 0.15) is 0 Å². The van der Waals surface area contributed by atoms with E-state index in [9.17, 15) is 9.59 Å². The molecule has 0 aromatic heterocycles. The normalized spacial score (nSPS) is 25.8. The van der Waals surface area contributed by atoms with Crippen LogP contribution in [0.5, 0.6) is 0 Å². The van der Waals surface area contributed by atoms with Crippen LogP contribution in [0.25, 0.3) is 0 Å². The molecule has 6 heteroatoms. The van der Waals surface area contributed by atoms with Gasteiger partial charge in [-0.2, -0.15) is 0 Å². The van der Waals surface area contributed by atoms with Gasteiger partial charge in [-0.1, -0.05) is 13.8 Å². The lowest BCUT2D eigenvalue weighted by Gasteiger charge is -2.51. The Morgan fingerprint density at radius 1 is 1.47 bits per heavy atom. The summed E-state index contributed by atoms with van der Waals surface area (Å²) in [7, 11) is 1.66. The van der Waals surface area contributed by atoms with Crippen LogP contribution in [0.1, 0.15) is 26.7 Å². The molecule has 1 aliphatic rings. The molecule has 98 valence electrons. The van der Waals surface area contributed by atoms with Crippen LogP contribution < -0.4 is 10.6 Å². The van der Waals surface area contributed by atoms with Crippen molar-refractivity contribution in [2.24, 2.45) is 5.41 Å². The number of methoxy groups -OCH3 is 1. The Labute approximate surface area is 101 Å². The highest BCUT2D eigenvalue weighted by Crippen LogP contribution is 2.42. The highest BCUT2D eigenvalue weighted by Gasteiger charge is 2.49. The molecule has 1 aliphatic carbocycles. The maximum atomic E-state index is 11.5. The molecule has 0 bridgehead atoms. The quantitative estimate of drug-likeness (QED) is 0.660. The summed E-state index contributed by atoms with van der Waals surface area (Å²) in [5, 5.41) is 13.8. The molecule has 3 N–H and O–H groups in total. The van der Waals surface area contributed by atoms with Gasteiger partial charge < -0.3 is 20.5 Å². The van der Waals surface area contributed by atoms with Crippen LogP contribution in [0.3, 0.4) is 0 Å². The summed E-state index contributed by atoms with van der Waals surface area (Å²) in [5.41, 5.74) is -0.0844. The van der Waals surface area contributed by atoms with Crippen LogP contribution in [0.15, 0.2) is 0 Å². The van der Waals surface area contributed by atoms with E-state index in [1.807, 2.05) is 13.8 Å². The Bertz CT molecular complexity index is 304.